The summed E-state index contributed by atoms with van der Waals surface area (Å²) in [5.74, 6) is 0.294. The van der Waals surface area contributed by atoms with E-state index < -0.39 is 10.0 Å². The van der Waals surface area contributed by atoms with Crippen molar-refractivity contribution in [2.24, 2.45) is 0 Å². The lowest BCUT2D eigenvalue weighted by Gasteiger charge is -2.20. The molecule has 0 saturated carbocycles. The second-order valence-corrected chi connectivity index (χ2v) is 8.41. The third kappa shape index (κ3) is 5.72. The molecule has 0 fully saturated rings. The van der Waals surface area contributed by atoms with Crippen LogP contribution in [0.2, 0.25) is 0 Å². The van der Waals surface area contributed by atoms with Crippen molar-refractivity contribution >= 4 is 21.6 Å². The Morgan fingerprint density at radius 2 is 1.78 bits per heavy atom. The van der Waals surface area contributed by atoms with Gasteiger partial charge in [0.1, 0.15) is 5.75 Å². The van der Waals surface area contributed by atoms with Gasteiger partial charge in [0.2, 0.25) is 10.0 Å². The van der Waals surface area contributed by atoms with Crippen LogP contribution in [0.1, 0.15) is 30.5 Å². The van der Waals surface area contributed by atoms with Gasteiger partial charge in [0.25, 0.3) is 5.91 Å². The summed E-state index contributed by atoms with van der Waals surface area (Å²) in [5.41, 5.74) is 2.76. The van der Waals surface area contributed by atoms with Gasteiger partial charge in [-0.25, -0.2) is 8.42 Å². The number of nitrogens with zero attached hydrogens (tertiary/aromatic N) is 1. The molecule has 146 valence electrons. The Morgan fingerprint density at radius 3 is 2.33 bits per heavy atom. The first-order chi connectivity index (χ1) is 12.7. The second-order valence-electron chi connectivity index (χ2n) is 6.40. The molecule has 0 spiro atoms. The second kappa shape index (κ2) is 8.90. The van der Waals surface area contributed by atoms with Gasteiger partial charge in [-0.05, 0) is 48.7 Å². The van der Waals surface area contributed by atoms with Gasteiger partial charge < -0.3 is 10.1 Å². The molecule has 2 rings (SSSR count). The molecule has 0 unspecified atom stereocenters. The van der Waals surface area contributed by atoms with Crippen LogP contribution in [0, 0.1) is 6.92 Å². The lowest BCUT2D eigenvalue weighted by Crippen LogP contribution is -2.32. The SMILES string of the molecule is CC[C@@H](NC(=O)COc1ccc(N(C)S(C)(=O)=O)cc1)c1ccccc1C. The fourth-order valence-corrected chi connectivity index (χ4v) is 3.21. The molecule has 0 aliphatic carbocycles. The van der Waals surface area contributed by atoms with Gasteiger partial charge in [-0.15, -0.1) is 0 Å². The first-order valence-electron chi connectivity index (χ1n) is 8.74. The van der Waals surface area contributed by atoms with E-state index in [4.69, 9.17) is 4.74 Å². The number of carbonyl (C=O) groups excluding carboxylic acids is 1. The van der Waals surface area contributed by atoms with Crippen molar-refractivity contribution in [2.45, 2.75) is 26.3 Å². The van der Waals surface area contributed by atoms with Crippen molar-refractivity contribution in [3.8, 4) is 5.75 Å². The molecule has 27 heavy (non-hydrogen) atoms. The molecule has 1 atom stereocenters. The summed E-state index contributed by atoms with van der Waals surface area (Å²) in [7, 11) is -1.83. The van der Waals surface area contributed by atoms with Crippen LogP contribution in [0.25, 0.3) is 0 Å². The maximum atomic E-state index is 12.3. The molecule has 2 aromatic carbocycles. The summed E-state index contributed by atoms with van der Waals surface area (Å²) in [4.78, 5) is 12.3. The number of anilines is 1. The Balaban J connectivity index is 1.94. The van der Waals surface area contributed by atoms with E-state index in [9.17, 15) is 13.2 Å². The Bertz CT molecular complexity index is 879. The molecule has 0 aromatic heterocycles. The highest BCUT2D eigenvalue weighted by molar-refractivity contribution is 7.92. The number of benzene rings is 2. The first kappa shape index (κ1) is 20.8. The van der Waals surface area contributed by atoms with Gasteiger partial charge in [-0.1, -0.05) is 31.2 Å². The third-order valence-corrected chi connectivity index (χ3v) is 5.58. The van der Waals surface area contributed by atoms with Crippen molar-refractivity contribution in [2.75, 3.05) is 24.2 Å². The number of carbonyl (C=O) groups is 1. The van der Waals surface area contributed by atoms with Crippen molar-refractivity contribution in [3.63, 3.8) is 0 Å². The lowest BCUT2D eigenvalue weighted by atomic mass is 9.99. The van der Waals surface area contributed by atoms with Crippen molar-refractivity contribution in [3.05, 3.63) is 59.7 Å². The van der Waals surface area contributed by atoms with E-state index in [1.165, 1.54) is 11.4 Å². The fourth-order valence-electron chi connectivity index (χ4n) is 2.71. The summed E-state index contributed by atoms with van der Waals surface area (Å²) in [6.07, 6.45) is 1.92. The highest BCUT2D eigenvalue weighted by atomic mass is 32.2. The normalized spacial score (nSPS) is 12.3. The fraction of sp³-hybridized carbons (Fsp3) is 0.350. The predicted octanol–water partition coefficient (Wildman–Crippen LogP) is 3.04. The molecule has 0 bridgehead atoms. The van der Waals surface area contributed by atoms with E-state index >= 15 is 0 Å². The maximum absolute atomic E-state index is 12.3. The zero-order valence-electron chi connectivity index (χ0n) is 16.1. The van der Waals surface area contributed by atoms with Gasteiger partial charge in [-0.3, -0.25) is 9.10 Å². The molecule has 0 radical (unpaired) electrons. The molecule has 0 heterocycles. The van der Waals surface area contributed by atoms with E-state index in [1.54, 1.807) is 24.3 Å². The van der Waals surface area contributed by atoms with Gasteiger partial charge in [0.15, 0.2) is 6.61 Å². The molecule has 1 N–H and O–H groups in total. The van der Waals surface area contributed by atoms with E-state index in [0.717, 1.165) is 23.8 Å². The van der Waals surface area contributed by atoms with Crippen molar-refractivity contribution in [1.82, 2.24) is 5.32 Å². The van der Waals surface area contributed by atoms with Gasteiger partial charge in [0.05, 0.1) is 18.0 Å². The first-order valence-corrected chi connectivity index (χ1v) is 10.6. The molecule has 0 aliphatic heterocycles. The maximum Gasteiger partial charge on any atom is 0.258 e. The van der Waals surface area contributed by atoms with Crippen LogP contribution in [0.15, 0.2) is 48.5 Å². The quantitative estimate of drug-likeness (QED) is 0.752. The van der Waals surface area contributed by atoms with Crippen LogP contribution in [0.5, 0.6) is 5.75 Å². The third-order valence-electron chi connectivity index (χ3n) is 4.38. The molecule has 7 heteroatoms. The molecular weight excluding hydrogens is 364 g/mol. The number of sulfonamides is 1. The minimum Gasteiger partial charge on any atom is -0.484 e. The molecule has 6 nitrogen and oxygen atoms in total. The van der Waals surface area contributed by atoms with Crippen LogP contribution in [0.4, 0.5) is 5.69 Å². The predicted molar refractivity (Wildman–Crippen MR) is 108 cm³/mol. The Labute approximate surface area is 161 Å². The van der Waals surface area contributed by atoms with Crippen molar-refractivity contribution < 1.29 is 17.9 Å². The van der Waals surface area contributed by atoms with Crippen LogP contribution < -0.4 is 14.4 Å². The van der Waals surface area contributed by atoms with Gasteiger partial charge in [-0.2, -0.15) is 0 Å². The Morgan fingerprint density at radius 1 is 1.15 bits per heavy atom. The highest BCUT2D eigenvalue weighted by Gasteiger charge is 2.15. The van der Waals surface area contributed by atoms with Crippen LogP contribution in [-0.4, -0.2) is 34.2 Å². The molecular formula is C20H26N2O4S. The van der Waals surface area contributed by atoms with Gasteiger partial charge in [0, 0.05) is 7.05 Å². The summed E-state index contributed by atoms with van der Waals surface area (Å²) in [6.45, 7) is 3.94. The average molecular weight is 391 g/mol. The summed E-state index contributed by atoms with van der Waals surface area (Å²) >= 11 is 0. The van der Waals surface area contributed by atoms with E-state index in [0.29, 0.717) is 11.4 Å². The van der Waals surface area contributed by atoms with Gasteiger partial charge >= 0.3 is 0 Å². The van der Waals surface area contributed by atoms with E-state index in [1.807, 2.05) is 38.1 Å². The molecule has 1 amide bonds. The summed E-state index contributed by atoms with van der Waals surface area (Å²) in [5, 5.41) is 2.99. The Kier molecular flexibility index (Phi) is 6.85. The average Bonchev–Trinajstić information content (AvgIpc) is 2.64. The largest absolute Gasteiger partial charge is 0.484 e. The molecule has 0 saturated heterocycles. The minimum absolute atomic E-state index is 0.0620. The zero-order chi connectivity index (χ0) is 20.0. The smallest absolute Gasteiger partial charge is 0.258 e. The summed E-state index contributed by atoms with van der Waals surface area (Å²) in [6, 6.07) is 14.5. The molecule has 0 aliphatic rings. The van der Waals surface area contributed by atoms with E-state index in [2.05, 4.69) is 5.32 Å². The minimum atomic E-state index is -3.31. The standard InChI is InChI=1S/C20H26N2O4S/c1-5-19(18-9-7-6-8-15(18)2)21-20(23)14-26-17-12-10-16(11-13-17)22(3)27(4,24)25/h6-13,19H,5,14H2,1-4H3,(H,21,23)/t19-/m1/s1. The zero-order valence-corrected chi connectivity index (χ0v) is 16.9. The topological polar surface area (TPSA) is 75.7 Å². The number of hydrogen-bond acceptors (Lipinski definition) is 4. The lowest BCUT2D eigenvalue weighted by molar-refractivity contribution is -0.123. The van der Waals surface area contributed by atoms with Crippen LogP contribution in [-0.2, 0) is 14.8 Å². The van der Waals surface area contributed by atoms with Crippen LogP contribution in [0.3, 0.4) is 0 Å². The highest BCUT2D eigenvalue weighted by Crippen LogP contribution is 2.21. The van der Waals surface area contributed by atoms with Crippen LogP contribution >= 0.6 is 0 Å². The number of aryl methyl sites for hydroxylation is 1. The number of ether oxygens (including phenoxy) is 1. The number of rotatable bonds is 8. The number of hydrogen-bond donors (Lipinski definition) is 1. The monoisotopic (exact) mass is 390 g/mol. The summed E-state index contributed by atoms with van der Waals surface area (Å²) < 4.78 is 29.8. The number of amides is 1. The molecule has 2 aromatic rings. The number of nitrogens with one attached hydrogen (secondary N) is 1. The van der Waals surface area contributed by atoms with E-state index in [-0.39, 0.29) is 18.6 Å². The Hall–Kier alpha value is -2.54. The van der Waals surface area contributed by atoms with Crippen molar-refractivity contribution in [1.29, 1.82) is 0 Å².